The molecule has 540 valence electrons. The molecule has 0 amide bonds. The fourth-order valence-corrected chi connectivity index (χ4v) is 15.9. The number of ether oxygens (including phenoxy) is 1. The fourth-order valence-electron chi connectivity index (χ4n) is 12.3. The average molecular weight is 1800 g/mol. The van der Waals surface area contributed by atoms with Gasteiger partial charge >= 0.3 is 58.4 Å². The molecule has 17 rings (SSSR count). The Labute approximate surface area is 690 Å². The summed E-state index contributed by atoms with van der Waals surface area (Å²) in [5, 5.41) is 22.0. The number of hydrazone groups is 3. The van der Waals surface area contributed by atoms with E-state index in [1.54, 1.807) is 29.7 Å². The van der Waals surface area contributed by atoms with Gasteiger partial charge < -0.3 is 29.2 Å². The van der Waals surface area contributed by atoms with E-state index in [2.05, 4.69) is 183 Å². The van der Waals surface area contributed by atoms with Crippen molar-refractivity contribution in [1.29, 1.82) is 0 Å². The maximum Gasteiger partial charge on any atom is 2.00 e. The Bertz CT molecular complexity index is 5180. The van der Waals surface area contributed by atoms with Crippen molar-refractivity contribution in [2.45, 2.75) is 0 Å². The van der Waals surface area contributed by atoms with Crippen molar-refractivity contribution in [3.63, 3.8) is 0 Å². The summed E-state index contributed by atoms with van der Waals surface area (Å²) in [5.41, 5.74) is 21.6. The summed E-state index contributed by atoms with van der Waals surface area (Å²) in [6, 6.07) is 116. The Morgan fingerprint density at radius 1 is 0.361 bits per heavy atom. The molecule has 1 unspecified atom stereocenters. The molecule has 4 aliphatic heterocycles. The van der Waals surface area contributed by atoms with Gasteiger partial charge in [-0.15, -0.1) is 37.0 Å². The average Bonchev–Trinajstić information content (AvgIpc) is 1.54. The van der Waals surface area contributed by atoms with Crippen molar-refractivity contribution in [3.05, 3.63) is 449 Å². The van der Waals surface area contributed by atoms with Crippen LogP contribution in [0.2, 0.25) is 0 Å². The van der Waals surface area contributed by atoms with Gasteiger partial charge in [-0.05, 0) is 69.3 Å². The van der Waals surface area contributed by atoms with E-state index >= 15 is 0 Å². The quantitative estimate of drug-likeness (QED) is 0.0645. The van der Waals surface area contributed by atoms with E-state index in [-0.39, 0.29) is 77.9 Å². The zero-order valence-electron chi connectivity index (χ0n) is 58.6. The van der Waals surface area contributed by atoms with E-state index in [1.165, 1.54) is 33.4 Å². The van der Waals surface area contributed by atoms with Gasteiger partial charge in [-0.1, -0.05) is 308 Å². The molecule has 10 nitrogen and oxygen atoms in total. The molecule has 0 aliphatic carbocycles. The van der Waals surface area contributed by atoms with Gasteiger partial charge in [0.1, 0.15) is 5.84 Å². The molecule has 16 heteroatoms. The van der Waals surface area contributed by atoms with Crippen LogP contribution in [0.25, 0.3) is 49.8 Å². The van der Waals surface area contributed by atoms with E-state index in [0.29, 0.717) is 11.4 Å². The minimum Gasteiger partial charge on any atom is -0.626 e. The molecule has 0 aromatic heterocycles. The van der Waals surface area contributed by atoms with Crippen LogP contribution in [0, 0.1) is 47.0 Å². The van der Waals surface area contributed by atoms with Crippen molar-refractivity contribution in [2.75, 3.05) is 22.1 Å². The molecule has 0 spiro atoms. The Morgan fingerprint density at radius 2 is 0.713 bits per heavy atom. The summed E-state index contributed by atoms with van der Waals surface area (Å²) < 4.78 is 20.4. The zero-order valence-corrected chi connectivity index (χ0v) is 66.9. The maximum atomic E-state index is 14.8. The number of hydrogen-bond acceptors (Lipinski definition) is 11. The molecule has 4 heterocycles. The summed E-state index contributed by atoms with van der Waals surface area (Å²) in [6.07, 6.45) is 1.77. The SMILES string of the molecule is [CH2-]c1ccccc1C1=NC=C(c2ccc(-c3ccccc3)cc2)P1(=O)c1ccccc1.[CH2-]c1ccccc1N1[CH-]N(C)C(c2ccc(-c3ccccc3)cc2)=N1.[CH2-]c1ccccc1N1[CH-]OC(c2ccc(-c3ccccc3)cc2)=N1.[CH2-]c1ccccc1N1[CH-]SC(c2ccc(-c3ccccc3)cc2)=N1.[Rh+2].[Rh+2].[Rh+2].[Rh]. The Hall–Kier alpha value is -10.2. The number of nitrogens with zero attached hydrogens (tertiary/aromatic N) is 8. The zero-order chi connectivity index (χ0) is 71.2. The molecule has 13 aromatic rings. The molecule has 0 saturated carbocycles. The van der Waals surface area contributed by atoms with Crippen LogP contribution in [-0.4, -0.2) is 34.2 Å². The maximum absolute atomic E-state index is 14.8. The molecule has 108 heavy (non-hydrogen) atoms. The Balaban J connectivity index is 0.000000153. The first-order valence-electron chi connectivity index (χ1n) is 34.0. The summed E-state index contributed by atoms with van der Waals surface area (Å²) in [5.74, 6) is 3.52. The van der Waals surface area contributed by atoms with Gasteiger partial charge in [-0.3, -0.25) is 16.8 Å². The third kappa shape index (κ3) is 18.7. The predicted octanol–water partition coefficient (Wildman–Crippen LogP) is 22.2. The predicted molar refractivity (Wildman–Crippen MR) is 436 cm³/mol. The third-order valence-electron chi connectivity index (χ3n) is 17.8. The molecular formula is C92H72N8O2PRh4S-. The normalized spacial score (nSPS) is 14.4. The molecule has 0 fully saturated rings. The number of thioether (sulfide) groups is 1. The van der Waals surface area contributed by atoms with E-state index in [1.807, 2.05) is 235 Å². The number of hydrogen-bond donors (Lipinski definition) is 0. The molecule has 4 radical (unpaired) electrons. The Morgan fingerprint density at radius 3 is 1.16 bits per heavy atom. The molecule has 0 saturated heterocycles. The van der Waals surface area contributed by atoms with Crippen LogP contribution in [-0.2, 0) is 87.2 Å². The largest absolute Gasteiger partial charge is 2.00 e. The second-order valence-electron chi connectivity index (χ2n) is 24.7. The van der Waals surface area contributed by atoms with Crippen molar-refractivity contribution < 1.29 is 87.2 Å². The van der Waals surface area contributed by atoms with Gasteiger partial charge in [0.25, 0.3) is 0 Å². The van der Waals surface area contributed by atoms with Crippen LogP contribution >= 0.6 is 18.9 Å². The van der Waals surface area contributed by atoms with Crippen molar-refractivity contribution in [1.82, 2.24) is 4.90 Å². The number of rotatable bonds is 13. The second-order valence-corrected chi connectivity index (χ2v) is 28.1. The molecule has 0 N–H and O–H groups in total. The Kier molecular flexibility index (Phi) is 28.3. The first kappa shape index (κ1) is 80.4. The summed E-state index contributed by atoms with van der Waals surface area (Å²) >= 11 is 1.63. The van der Waals surface area contributed by atoms with Gasteiger partial charge in [0.2, 0.25) is 5.90 Å². The van der Waals surface area contributed by atoms with Gasteiger partial charge in [-0.25, -0.2) is 5.10 Å². The summed E-state index contributed by atoms with van der Waals surface area (Å²) in [4.78, 5) is 6.72. The molecule has 4 aliphatic rings. The second kappa shape index (κ2) is 38.1. The van der Waals surface area contributed by atoms with Crippen LogP contribution in [0.1, 0.15) is 50.1 Å². The summed E-state index contributed by atoms with van der Waals surface area (Å²) in [6.45, 7) is 19.9. The van der Waals surface area contributed by atoms with E-state index < -0.39 is 7.14 Å². The van der Waals surface area contributed by atoms with Crippen molar-refractivity contribution in [3.8, 4) is 44.5 Å². The molecule has 0 bridgehead atoms. The minimum atomic E-state index is -3.13. The van der Waals surface area contributed by atoms with E-state index in [0.717, 1.165) is 99.8 Å². The number of amidine groups is 1. The van der Waals surface area contributed by atoms with Gasteiger partial charge in [0.15, 0.2) is 7.14 Å². The van der Waals surface area contributed by atoms with E-state index in [9.17, 15) is 4.57 Å². The van der Waals surface area contributed by atoms with Crippen LogP contribution in [0.5, 0.6) is 0 Å². The van der Waals surface area contributed by atoms with Crippen molar-refractivity contribution in [2.24, 2.45) is 20.3 Å². The first-order valence-corrected chi connectivity index (χ1v) is 36.5. The number of aliphatic imine (C=N–C) groups is 1. The fraction of sp³-hybridized carbons (Fsp3) is 0.0109. The first-order chi connectivity index (χ1) is 51.0. The molecule has 13 aromatic carbocycles. The molecule has 1 atom stereocenters. The van der Waals surface area contributed by atoms with Gasteiger partial charge in [0.05, 0.1) is 10.5 Å². The molecular weight excluding hydrogens is 1720 g/mol. The topological polar surface area (TPSA) is 88.7 Å². The van der Waals surface area contributed by atoms with Crippen LogP contribution in [0.15, 0.2) is 372 Å². The number of anilines is 3. The third-order valence-corrected chi connectivity index (χ3v) is 21.7. The van der Waals surface area contributed by atoms with E-state index in [4.69, 9.17) is 14.9 Å². The van der Waals surface area contributed by atoms with Crippen LogP contribution < -0.4 is 20.3 Å². The number of para-hydroxylation sites is 3. The summed E-state index contributed by atoms with van der Waals surface area (Å²) in [7, 11) is -1.12. The van der Waals surface area contributed by atoms with Gasteiger partial charge in [0, 0.05) is 53.0 Å². The van der Waals surface area contributed by atoms with Crippen LogP contribution in [0.3, 0.4) is 0 Å². The minimum absolute atomic E-state index is 0. The van der Waals surface area contributed by atoms with Crippen LogP contribution in [0.4, 0.5) is 17.1 Å². The van der Waals surface area contributed by atoms with Gasteiger partial charge in [-0.2, -0.15) is 90.3 Å². The van der Waals surface area contributed by atoms with Crippen molar-refractivity contribution >= 4 is 68.8 Å². The standard InChI is InChI=1S/C28H21NOP.C22H19N3.C21H16N2O.C21H16N2S.4Rh/c1-21-10-8-9-15-26(21)28-29-20-27(31(28,30)25-13-6-3-7-14-25)24-18-16-23(17-19-24)22-11-4-2-5-12-22;1-17-8-6-7-11-21(17)25-16-24(2)22(23-25)20-14-12-19(13-15-20)18-9-4-3-5-10-18;2*1-16-7-5-6-10-20(16)23-15-24-21(22-23)19-13-11-18(12-14-19)17-8-3-2-4-9-17;;;;/h2-20H,1H2;3-16H,1H2,2H3;2*2-15H,1H2;;;;/q-1;3*-2;;3*+2. The smallest absolute Gasteiger partial charge is 0.626 e. The number of benzene rings is 13. The monoisotopic (exact) mass is 1800 g/mol.